The van der Waals surface area contributed by atoms with Gasteiger partial charge in [0.05, 0.1) is 9.50 Å². The molecule has 2 aromatic rings. The van der Waals surface area contributed by atoms with Crippen LogP contribution in [0.4, 0.5) is 0 Å². The van der Waals surface area contributed by atoms with Crippen LogP contribution in [0.15, 0.2) is 33.3 Å². The summed E-state index contributed by atoms with van der Waals surface area (Å²) in [7, 11) is 0. The summed E-state index contributed by atoms with van der Waals surface area (Å²) in [5.41, 5.74) is 0.968. The molecule has 1 aliphatic rings. The summed E-state index contributed by atoms with van der Waals surface area (Å²) < 4.78 is 5.84. The van der Waals surface area contributed by atoms with Crippen molar-refractivity contribution in [2.75, 3.05) is 0 Å². The van der Waals surface area contributed by atoms with E-state index in [0.29, 0.717) is 20.8 Å². The molecular weight excluding hydrogens is 356 g/mol. The van der Waals surface area contributed by atoms with Crippen LogP contribution in [0.3, 0.4) is 0 Å². The average molecular weight is 370 g/mol. The maximum Gasteiger partial charge on any atom is 0.274 e. The van der Waals surface area contributed by atoms with Gasteiger partial charge in [-0.2, -0.15) is 0 Å². The number of aromatic nitrogens is 1. The van der Waals surface area contributed by atoms with Gasteiger partial charge in [0.1, 0.15) is 0 Å². The van der Waals surface area contributed by atoms with E-state index in [9.17, 15) is 4.79 Å². The number of nitrogens with zero attached hydrogens (tertiary/aromatic N) is 1. The third-order valence-electron chi connectivity index (χ3n) is 3.66. The third-order valence-corrected chi connectivity index (χ3v) is 4.72. The monoisotopic (exact) mass is 368 g/mol. The van der Waals surface area contributed by atoms with Crippen molar-refractivity contribution in [2.45, 2.75) is 31.7 Å². The van der Waals surface area contributed by atoms with Crippen LogP contribution in [-0.4, -0.2) is 17.1 Å². The van der Waals surface area contributed by atoms with E-state index in [2.05, 4.69) is 26.4 Å². The van der Waals surface area contributed by atoms with Gasteiger partial charge in [0.25, 0.3) is 5.91 Å². The maximum absolute atomic E-state index is 12.3. The fourth-order valence-electron chi connectivity index (χ4n) is 2.56. The summed E-state index contributed by atoms with van der Waals surface area (Å²) in [6, 6.07) is 7.53. The zero-order valence-electron chi connectivity index (χ0n) is 11.2. The summed E-state index contributed by atoms with van der Waals surface area (Å²) in [6.45, 7) is 0. The van der Waals surface area contributed by atoms with Gasteiger partial charge < -0.3 is 9.84 Å². The van der Waals surface area contributed by atoms with Crippen molar-refractivity contribution in [3.8, 4) is 11.3 Å². The Kier molecular flexibility index (Phi) is 4.31. The molecule has 1 aromatic carbocycles. The van der Waals surface area contributed by atoms with Crippen LogP contribution in [-0.2, 0) is 0 Å². The second-order valence-electron chi connectivity index (χ2n) is 5.11. The molecule has 3 rings (SSSR count). The van der Waals surface area contributed by atoms with Crippen molar-refractivity contribution in [3.63, 3.8) is 0 Å². The predicted molar refractivity (Wildman–Crippen MR) is 84.4 cm³/mol. The van der Waals surface area contributed by atoms with E-state index in [1.165, 1.54) is 0 Å². The number of hydrogen-bond acceptors (Lipinski definition) is 3. The van der Waals surface area contributed by atoms with Crippen molar-refractivity contribution < 1.29 is 9.32 Å². The number of hydrogen-bond donors (Lipinski definition) is 1. The van der Waals surface area contributed by atoms with Gasteiger partial charge in [0, 0.05) is 11.6 Å². The minimum atomic E-state index is -0.212. The minimum Gasteiger partial charge on any atom is -0.354 e. The van der Waals surface area contributed by atoms with Gasteiger partial charge in [-0.25, -0.2) is 0 Å². The van der Waals surface area contributed by atoms with Gasteiger partial charge in [-0.1, -0.05) is 41.7 Å². The van der Waals surface area contributed by atoms with Crippen molar-refractivity contribution in [3.05, 3.63) is 39.5 Å². The molecule has 0 spiro atoms. The zero-order chi connectivity index (χ0) is 14.8. The first-order chi connectivity index (χ1) is 10.2. The van der Waals surface area contributed by atoms with E-state index in [1.807, 2.05) is 18.2 Å². The highest BCUT2D eigenvalue weighted by Crippen LogP contribution is 2.35. The van der Waals surface area contributed by atoms with Crippen LogP contribution in [0, 0.1) is 0 Å². The number of amides is 1. The average Bonchev–Trinajstić information content (AvgIpc) is 3.09. The van der Waals surface area contributed by atoms with Crippen LogP contribution in [0.25, 0.3) is 11.3 Å². The number of halogens is 2. The predicted octanol–water partition coefficient (Wildman–Crippen LogP) is 4.43. The lowest BCUT2D eigenvalue weighted by atomic mass is 10.1. The molecule has 1 N–H and O–H groups in total. The van der Waals surface area contributed by atoms with E-state index in [0.717, 1.165) is 25.7 Å². The summed E-state index contributed by atoms with van der Waals surface area (Å²) in [4.78, 5) is 12.3. The van der Waals surface area contributed by atoms with Gasteiger partial charge in [-0.05, 0) is 40.9 Å². The normalized spacial score (nSPS) is 15.3. The van der Waals surface area contributed by atoms with E-state index in [4.69, 9.17) is 16.1 Å². The zero-order valence-corrected chi connectivity index (χ0v) is 13.6. The highest BCUT2D eigenvalue weighted by Gasteiger charge is 2.25. The SMILES string of the molecule is O=C(NC1CCCC1)c1noc(-c2ccccc2Cl)c1Br. The largest absolute Gasteiger partial charge is 0.354 e. The van der Waals surface area contributed by atoms with E-state index in [-0.39, 0.29) is 17.6 Å². The topological polar surface area (TPSA) is 55.1 Å². The highest BCUT2D eigenvalue weighted by atomic mass is 79.9. The molecule has 6 heteroatoms. The Morgan fingerprint density at radius 2 is 2.05 bits per heavy atom. The fraction of sp³-hybridized carbons (Fsp3) is 0.333. The summed E-state index contributed by atoms with van der Waals surface area (Å²) in [5.74, 6) is 0.257. The fourth-order valence-corrected chi connectivity index (χ4v) is 3.32. The maximum atomic E-state index is 12.3. The van der Waals surface area contributed by atoms with Crippen LogP contribution < -0.4 is 5.32 Å². The van der Waals surface area contributed by atoms with E-state index in [1.54, 1.807) is 6.07 Å². The molecule has 1 aromatic heterocycles. The Morgan fingerprint density at radius 3 is 2.76 bits per heavy atom. The van der Waals surface area contributed by atoms with E-state index >= 15 is 0 Å². The molecule has 0 unspecified atom stereocenters. The molecule has 0 radical (unpaired) electrons. The second kappa shape index (κ2) is 6.20. The first-order valence-corrected chi connectivity index (χ1v) is 8.05. The van der Waals surface area contributed by atoms with Gasteiger partial charge in [-0.3, -0.25) is 4.79 Å². The summed E-state index contributed by atoms with van der Waals surface area (Å²) >= 11 is 9.54. The lowest BCUT2D eigenvalue weighted by molar-refractivity contribution is 0.0928. The Balaban J connectivity index is 1.85. The minimum absolute atomic E-state index is 0.212. The Hall–Kier alpha value is -1.33. The molecule has 1 aliphatic carbocycles. The Bertz CT molecular complexity index is 665. The standard InChI is InChI=1S/C15H14BrClN2O2/c16-12-13(15(20)18-9-5-1-2-6-9)19-21-14(12)10-7-3-4-8-11(10)17/h3-4,7-9H,1-2,5-6H2,(H,18,20). The molecule has 1 saturated carbocycles. The van der Waals surface area contributed by atoms with Crippen molar-refractivity contribution in [2.24, 2.45) is 0 Å². The molecule has 0 bridgehead atoms. The van der Waals surface area contributed by atoms with Gasteiger partial charge >= 0.3 is 0 Å². The smallest absolute Gasteiger partial charge is 0.274 e. The highest BCUT2D eigenvalue weighted by molar-refractivity contribution is 9.10. The van der Waals surface area contributed by atoms with Crippen LogP contribution >= 0.6 is 27.5 Å². The molecule has 4 nitrogen and oxygen atoms in total. The molecule has 0 atom stereocenters. The van der Waals surface area contributed by atoms with Crippen molar-refractivity contribution >= 4 is 33.4 Å². The van der Waals surface area contributed by atoms with Gasteiger partial charge in [0.15, 0.2) is 11.5 Å². The molecular formula is C15H14BrClN2O2. The van der Waals surface area contributed by atoms with Crippen LogP contribution in [0.1, 0.15) is 36.2 Å². The molecule has 0 saturated heterocycles. The van der Waals surface area contributed by atoms with Crippen LogP contribution in [0.2, 0.25) is 5.02 Å². The number of carbonyl (C=O) groups excluding carboxylic acids is 1. The quantitative estimate of drug-likeness (QED) is 0.870. The Labute approximate surface area is 136 Å². The molecule has 1 heterocycles. The number of carbonyl (C=O) groups is 1. The molecule has 0 aliphatic heterocycles. The number of benzene rings is 1. The molecule has 1 fully saturated rings. The Morgan fingerprint density at radius 1 is 1.33 bits per heavy atom. The summed E-state index contributed by atoms with van der Waals surface area (Å²) in [6.07, 6.45) is 4.38. The lowest BCUT2D eigenvalue weighted by Gasteiger charge is -2.09. The first-order valence-electron chi connectivity index (χ1n) is 6.87. The lowest BCUT2D eigenvalue weighted by Crippen LogP contribution is -2.32. The van der Waals surface area contributed by atoms with Gasteiger partial charge in [0.2, 0.25) is 0 Å². The number of rotatable bonds is 3. The summed E-state index contributed by atoms with van der Waals surface area (Å²) in [5, 5.41) is 7.43. The molecule has 21 heavy (non-hydrogen) atoms. The molecule has 110 valence electrons. The third kappa shape index (κ3) is 2.99. The van der Waals surface area contributed by atoms with Crippen molar-refractivity contribution in [1.29, 1.82) is 0 Å². The van der Waals surface area contributed by atoms with Gasteiger partial charge in [-0.15, -0.1) is 0 Å². The molecule has 1 amide bonds. The van der Waals surface area contributed by atoms with E-state index < -0.39 is 0 Å². The number of nitrogens with one attached hydrogen (secondary N) is 1. The second-order valence-corrected chi connectivity index (χ2v) is 6.31. The van der Waals surface area contributed by atoms with Crippen molar-refractivity contribution in [1.82, 2.24) is 10.5 Å². The first kappa shape index (κ1) is 14.6. The van der Waals surface area contributed by atoms with Crippen LogP contribution in [0.5, 0.6) is 0 Å².